The molecule has 4 radical (unpaired) electrons. The van der Waals surface area contributed by atoms with E-state index in [0.29, 0.717) is 0 Å². The molecule has 3 amide bonds. The van der Waals surface area contributed by atoms with E-state index in [9.17, 15) is 28.8 Å². The van der Waals surface area contributed by atoms with Gasteiger partial charge < -0.3 is 38.5 Å². The Morgan fingerprint density at radius 3 is 1.00 bits per heavy atom. The van der Waals surface area contributed by atoms with Crippen LogP contribution < -0.4 is 0 Å². The van der Waals surface area contributed by atoms with Crippen molar-refractivity contribution < 1.29 is 174 Å². The van der Waals surface area contributed by atoms with Gasteiger partial charge in [-0.3, -0.25) is 4.79 Å². The number of methoxy groups -OCH3 is 3. The number of carbonyl (C=O) groups excluding carboxylic acids is 6. The van der Waals surface area contributed by atoms with Crippen LogP contribution in [0.5, 0.6) is 0 Å². The third-order valence-electron chi connectivity index (χ3n) is 4.15. The van der Waals surface area contributed by atoms with Crippen LogP contribution in [0, 0.1) is 0 Å². The van der Waals surface area contributed by atoms with Crippen molar-refractivity contribution in [2.75, 3.05) is 42.5 Å². The van der Waals surface area contributed by atoms with Crippen molar-refractivity contribution in [1.29, 1.82) is 0 Å². The van der Waals surface area contributed by atoms with Crippen LogP contribution in [0.1, 0.15) is 27.7 Å². The van der Waals surface area contributed by atoms with Gasteiger partial charge in [0.25, 0.3) is 0 Å². The van der Waals surface area contributed by atoms with Crippen molar-refractivity contribution in [1.82, 2.24) is 14.7 Å². The molecule has 16 heteroatoms. The van der Waals surface area contributed by atoms with E-state index in [1.807, 2.05) is 0 Å². The molecule has 192 valence electrons. The van der Waals surface area contributed by atoms with Gasteiger partial charge in [-0.05, 0) is 34.9 Å². The summed E-state index contributed by atoms with van der Waals surface area (Å²) in [6.45, 7) is 6.15. The summed E-state index contributed by atoms with van der Waals surface area (Å²) in [5.74, 6) is -1.43. The predicted molar refractivity (Wildman–Crippen MR) is 110 cm³/mol. The number of rotatable bonds is 8. The van der Waals surface area contributed by atoms with Crippen LogP contribution in [0.25, 0.3) is 0 Å². The maximum atomic E-state index is 10.8. The normalized spacial score (nSPS) is 10.6. The first-order chi connectivity index (χ1) is 14.3. The van der Waals surface area contributed by atoms with Gasteiger partial charge in [0.2, 0.25) is 5.91 Å². The van der Waals surface area contributed by atoms with E-state index in [1.54, 1.807) is 40.6 Å². The third-order valence-corrected chi connectivity index (χ3v) is 4.15. The number of amides is 3. The molecule has 0 aromatic heterocycles. The molecule has 0 saturated heterocycles. The first-order valence-corrected chi connectivity index (χ1v) is 8.95. The Hall–Kier alpha value is 1.24. The van der Waals surface area contributed by atoms with E-state index in [2.05, 4.69) is 14.2 Å². The molecule has 0 aliphatic heterocycles. The molecule has 0 aliphatic carbocycles. The topological polar surface area (TPSA) is 140 Å². The van der Waals surface area contributed by atoms with Gasteiger partial charge in [-0.2, -0.15) is 12.8 Å². The number of nitrogens with zero attached hydrogens (tertiary/aromatic N) is 3. The van der Waals surface area contributed by atoms with Crippen molar-refractivity contribution >= 4 is 36.6 Å². The first kappa shape index (κ1) is 52.6. The monoisotopic (exact) mass is 803 g/mol. The molecule has 12 nitrogen and oxygen atoms in total. The summed E-state index contributed by atoms with van der Waals surface area (Å²) in [7, 11) is 8.34. The van der Waals surface area contributed by atoms with Crippen molar-refractivity contribution in [2.45, 2.75) is 45.8 Å². The Bertz CT molecular complexity index is 584. The van der Waals surface area contributed by atoms with E-state index in [0.717, 1.165) is 9.80 Å². The summed E-state index contributed by atoms with van der Waals surface area (Å²) < 4.78 is 13.2. The van der Waals surface area contributed by atoms with Gasteiger partial charge in [0.05, 0.1) is 33.4 Å². The van der Waals surface area contributed by atoms with Gasteiger partial charge >= 0.3 is 17.9 Å². The van der Waals surface area contributed by atoms with Crippen LogP contribution >= 0.6 is 0 Å². The summed E-state index contributed by atoms with van der Waals surface area (Å²) in [4.78, 5) is 66.4. The van der Waals surface area contributed by atoms with Crippen LogP contribution in [0.15, 0.2) is 0 Å². The van der Waals surface area contributed by atoms with Gasteiger partial charge in [-0.15, -0.1) is 0 Å². The molecule has 0 aliphatic rings. The van der Waals surface area contributed by atoms with Crippen molar-refractivity contribution in [3.63, 3.8) is 0 Å². The summed E-state index contributed by atoms with van der Waals surface area (Å²) in [5, 5.41) is 0. The second kappa shape index (κ2) is 31.5. The Morgan fingerprint density at radius 1 is 0.600 bits per heavy atom. The second-order valence-corrected chi connectivity index (χ2v) is 6.13. The molecule has 0 fully saturated rings. The molecule has 1 unspecified atom stereocenters. The fourth-order valence-electron chi connectivity index (χ4n) is 1.42. The maximum Gasteiger partial charge on any atom is 0.328 e. The zero-order valence-electron chi connectivity index (χ0n) is 22.1. The Morgan fingerprint density at radius 2 is 0.829 bits per heavy atom. The fraction of sp³-hybridized carbons (Fsp3) is 0.684. The van der Waals surface area contributed by atoms with E-state index >= 15 is 0 Å². The number of carbonyl (C=O) groups is 4. The molecule has 35 heavy (non-hydrogen) atoms. The zero-order chi connectivity index (χ0) is 25.3. The van der Waals surface area contributed by atoms with E-state index in [4.69, 9.17) is 0 Å². The van der Waals surface area contributed by atoms with Gasteiger partial charge in [0.15, 0.2) is 0 Å². The van der Waals surface area contributed by atoms with Gasteiger partial charge in [0.1, 0.15) is 6.04 Å². The minimum absolute atomic E-state index is 0. The average molecular weight is 803 g/mol. The minimum Gasteiger partial charge on any atom is -0.520 e. The molecule has 0 saturated carbocycles. The molecular formula is C19H33N3O9Y4-2. The fourth-order valence-corrected chi connectivity index (χ4v) is 1.42. The van der Waals surface area contributed by atoms with Crippen molar-refractivity contribution in [3.8, 4) is 0 Å². The molecular weight excluding hydrogens is 770 g/mol. The van der Waals surface area contributed by atoms with Crippen LogP contribution in [0.2, 0.25) is 0 Å². The number of esters is 3. The molecule has 0 aromatic rings. The summed E-state index contributed by atoms with van der Waals surface area (Å²) >= 11 is 0. The van der Waals surface area contributed by atoms with Crippen LogP contribution in [0.3, 0.4) is 0 Å². The predicted octanol–water partition coefficient (Wildman–Crippen LogP) is -0.890. The number of likely N-dealkylation sites (N-methyl/N-ethyl adjacent to an activating group) is 3. The number of ether oxygens (including phenoxy) is 3. The first-order valence-electron chi connectivity index (χ1n) is 8.95. The zero-order valence-corrected chi connectivity index (χ0v) is 33.4. The van der Waals surface area contributed by atoms with Crippen LogP contribution in [0.4, 0.5) is 0 Å². The Labute approximate surface area is 308 Å². The molecule has 3 atom stereocenters. The molecule has 0 N–H and O–H groups in total. The smallest absolute Gasteiger partial charge is 0.328 e. The summed E-state index contributed by atoms with van der Waals surface area (Å²) in [6.07, 6.45) is 3.12. The van der Waals surface area contributed by atoms with Gasteiger partial charge in [-0.1, -0.05) is 0 Å². The Balaban J connectivity index is -0.0000000637. The van der Waals surface area contributed by atoms with Crippen LogP contribution in [-0.4, -0.2) is 112 Å². The van der Waals surface area contributed by atoms with Crippen LogP contribution in [-0.2, 0) is 174 Å². The molecule has 0 rings (SSSR count). The van der Waals surface area contributed by atoms with Gasteiger partial charge in [0, 0.05) is 145 Å². The van der Waals surface area contributed by atoms with E-state index in [-0.39, 0.29) is 137 Å². The van der Waals surface area contributed by atoms with Gasteiger partial charge in [-0.25, -0.2) is 14.4 Å². The molecule has 0 bridgehead atoms. The standard InChI is InChI=1S/C7H13NO3.2C6H10NO3.4Y/c1-5(7(10)11-4)8(3)6(2)9;2*1-5(6(9)10-3)7(2)4-8;;;;/h5H,1-4H3;2*5H,1-3H3;;;;/q;2*-1;;;;/t;2*5-;;;;/m.10..../s1. The second-order valence-electron chi connectivity index (χ2n) is 6.13. The SMILES string of the molecule is COC(=O)C(C)N(C)C(C)=O.COC(=O)[C@@H](C)N(C)[C-]=O.COC(=O)[C@H](C)N(C)[C-]=O.[Y].[Y].[Y].[Y]. The summed E-state index contributed by atoms with van der Waals surface area (Å²) in [5.41, 5.74) is 0. The third kappa shape index (κ3) is 25.3. The maximum absolute atomic E-state index is 10.8. The quantitative estimate of drug-likeness (QED) is 0.133. The molecule has 0 aromatic carbocycles. The molecule has 0 spiro atoms. The largest absolute Gasteiger partial charge is 0.520 e. The number of hydrogen-bond donors (Lipinski definition) is 0. The van der Waals surface area contributed by atoms with E-state index in [1.165, 1.54) is 47.2 Å². The minimum atomic E-state index is -0.553. The van der Waals surface area contributed by atoms with Crippen molar-refractivity contribution in [2.24, 2.45) is 0 Å². The molecule has 0 heterocycles. The summed E-state index contributed by atoms with van der Waals surface area (Å²) in [6, 6.07) is -1.61. The van der Waals surface area contributed by atoms with Crippen molar-refractivity contribution in [3.05, 3.63) is 0 Å². The number of hydrogen-bond acceptors (Lipinski definition) is 9. The Kier molecular flexibility index (Phi) is 47.3. The van der Waals surface area contributed by atoms with E-state index < -0.39 is 36.0 Å². The average Bonchev–Trinajstić information content (AvgIpc) is 2.79.